The monoisotopic (exact) mass is 406 g/mol. The van der Waals surface area contributed by atoms with Gasteiger partial charge >= 0.3 is 0 Å². The number of rotatable bonds is 5. The first-order chi connectivity index (χ1) is 13.6. The van der Waals surface area contributed by atoms with Crippen LogP contribution in [0.1, 0.15) is 69.8 Å². The van der Waals surface area contributed by atoms with E-state index in [2.05, 4.69) is 0 Å². The molecule has 2 saturated heterocycles. The van der Waals surface area contributed by atoms with E-state index in [9.17, 15) is 13.2 Å². The van der Waals surface area contributed by atoms with Crippen molar-refractivity contribution in [2.24, 2.45) is 0 Å². The lowest BCUT2D eigenvalue weighted by atomic mass is 10.1. The van der Waals surface area contributed by atoms with Gasteiger partial charge in [-0.2, -0.15) is 4.31 Å². The highest BCUT2D eigenvalue weighted by Gasteiger charge is 2.25. The summed E-state index contributed by atoms with van der Waals surface area (Å²) in [5.74, 6) is 0.225. The number of amides is 1. The molecule has 0 aromatic heterocycles. The molecule has 0 spiro atoms. The molecule has 2 heterocycles. The lowest BCUT2D eigenvalue weighted by Gasteiger charge is -2.25. The van der Waals surface area contributed by atoms with Gasteiger partial charge in [0, 0.05) is 32.6 Å². The number of benzene rings is 1. The minimum atomic E-state index is -3.40. The van der Waals surface area contributed by atoms with Gasteiger partial charge in [0.05, 0.1) is 4.90 Å². The van der Waals surface area contributed by atoms with Crippen LogP contribution in [-0.2, 0) is 21.2 Å². The van der Waals surface area contributed by atoms with Crippen LogP contribution in [0.5, 0.6) is 0 Å². The number of sulfonamides is 1. The summed E-state index contributed by atoms with van der Waals surface area (Å²) >= 11 is 0. The van der Waals surface area contributed by atoms with Crippen molar-refractivity contribution in [3.8, 4) is 0 Å². The van der Waals surface area contributed by atoms with Gasteiger partial charge in [-0.05, 0) is 49.8 Å². The van der Waals surface area contributed by atoms with Crippen molar-refractivity contribution in [2.75, 3.05) is 26.2 Å². The Balaban J connectivity index is 1.55. The highest BCUT2D eigenvalue weighted by Crippen LogP contribution is 2.21. The first-order valence-electron chi connectivity index (χ1n) is 10.9. The largest absolute Gasteiger partial charge is 0.343 e. The van der Waals surface area contributed by atoms with Gasteiger partial charge in [0.25, 0.3) is 0 Å². The fourth-order valence-corrected chi connectivity index (χ4v) is 5.68. The van der Waals surface area contributed by atoms with E-state index in [1.807, 2.05) is 17.0 Å². The molecule has 28 heavy (non-hydrogen) atoms. The van der Waals surface area contributed by atoms with E-state index in [-0.39, 0.29) is 5.91 Å². The smallest absolute Gasteiger partial charge is 0.243 e. The van der Waals surface area contributed by atoms with Gasteiger partial charge < -0.3 is 4.90 Å². The van der Waals surface area contributed by atoms with Crippen LogP contribution in [0.15, 0.2) is 29.2 Å². The quantitative estimate of drug-likeness (QED) is 0.743. The topological polar surface area (TPSA) is 57.7 Å². The summed E-state index contributed by atoms with van der Waals surface area (Å²) in [6.07, 6.45) is 11.2. The molecule has 1 aromatic rings. The predicted molar refractivity (Wildman–Crippen MR) is 112 cm³/mol. The molecule has 2 fully saturated rings. The second-order valence-corrected chi connectivity index (χ2v) is 10.0. The Hall–Kier alpha value is -1.40. The van der Waals surface area contributed by atoms with E-state index < -0.39 is 10.0 Å². The molecule has 0 saturated carbocycles. The van der Waals surface area contributed by atoms with Crippen LogP contribution in [0.4, 0.5) is 0 Å². The Morgan fingerprint density at radius 1 is 0.750 bits per heavy atom. The van der Waals surface area contributed by atoms with E-state index in [1.165, 1.54) is 19.3 Å². The Labute approximate surface area is 170 Å². The van der Waals surface area contributed by atoms with Crippen molar-refractivity contribution in [3.63, 3.8) is 0 Å². The molecule has 6 heteroatoms. The average Bonchev–Trinajstić information content (AvgIpc) is 2.96. The SMILES string of the molecule is O=C(CCc1ccc(S(=O)(=O)N2CCCCCC2)cc1)N1CCCCCCC1. The second kappa shape index (κ2) is 10.4. The maximum absolute atomic E-state index is 12.8. The van der Waals surface area contributed by atoms with Gasteiger partial charge in [-0.25, -0.2) is 8.42 Å². The lowest BCUT2D eigenvalue weighted by molar-refractivity contribution is -0.131. The van der Waals surface area contributed by atoms with Crippen molar-refractivity contribution in [1.29, 1.82) is 0 Å². The van der Waals surface area contributed by atoms with Gasteiger partial charge in [0.2, 0.25) is 15.9 Å². The van der Waals surface area contributed by atoms with Gasteiger partial charge in [0.1, 0.15) is 0 Å². The van der Waals surface area contributed by atoms with Crippen molar-refractivity contribution in [3.05, 3.63) is 29.8 Å². The Kier molecular flexibility index (Phi) is 7.91. The predicted octanol–water partition coefficient (Wildman–Crippen LogP) is 3.98. The molecule has 0 unspecified atom stereocenters. The first-order valence-corrected chi connectivity index (χ1v) is 12.4. The molecule has 1 amide bonds. The summed E-state index contributed by atoms with van der Waals surface area (Å²) in [4.78, 5) is 14.9. The molecular formula is C22H34N2O3S. The van der Waals surface area contributed by atoms with Gasteiger partial charge in [0.15, 0.2) is 0 Å². The zero-order valence-corrected chi connectivity index (χ0v) is 17.8. The van der Waals surface area contributed by atoms with E-state index in [4.69, 9.17) is 0 Å². The van der Waals surface area contributed by atoms with E-state index >= 15 is 0 Å². The normalized spacial score (nSPS) is 20.2. The third kappa shape index (κ3) is 5.80. The van der Waals surface area contributed by atoms with Crippen LogP contribution in [0.3, 0.4) is 0 Å². The molecule has 1 aromatic carbocycles. The minimum Gasteiger partial charge on any atom is -0.343 e. The maximum atomic E-state index is 12.8. The molecule has 0 N–H and O–H groups in total. The summed E-state index contributed by atoms with van der Waals surface area (Å²) in [6.45, 7) is 3.00. The molecule has 3 rings (SSSR count). The Morgan fingerprint density at radius 2 is 1.25 bits per heavy atom. The van der Waals surface area contributed by atoms with Crippen molar-refractivity contribution < 1.29 is 13.2 Å². The van der Waals surface area contributed by atoms with Crippen LogP contribution in [0.2, 0.25) is 0 Å². The fraction of sp³-hybridized carbons (Fsp3) is 0.682. The van der Waals surface area contributed by atoms with Crippen molar-refractivity contribution >= 4 is 15.9 Å². The number of hydrogen-bond acceptors (Lipinski definition) is 3. The van der Waals surface area contributed by atoms with Crippen molar-refractivity contribution in [1.82, 2.24) is 9.21 Å². The van der Waals surface area contributed by atoms with Crippen LogP contribution in [0.25, 0.3) is 0 Å². The van der Waals surface area contributed by atoms with Crippen LogP contribution >= 0.6 is 0 Å². The van der Waals surface area contributed by atoms with E-state index in [0.29, 0.717) is 30.8 Å². The summed E-state index contributed by atoms with van der Waals surface area (Å²) < 4.78 is 27.3. The molecule has 5 nitrogen and oxygen atoms in total. The number of aryl methyl sites for hydroxylation is 1. The summed E-state index contributed by atoms with van der Waals surface area (Å²) in [5, 5.41) is 0. The van der Waals surface area contributed by atoms with Crippen LogP contribution in [0, 0.1) is 0 Å². The van der Waals surface area contributed by atoms with Crippen molar-refractivity contribution in [2.45, 2.75) is 75.5 Å². The highest BCUT2D eigenvalue weighted by atomic mass is 32.2. The third-order valence-electron chi connectivity index (χ3n) is 5.96. The molecule has 0 radical (unpaired) electrons. The third-order valence-corrected chi connectivity index (χ3v) is 7.88. The molecule has 2 aliphatic rings. The maximum Gasteiger partial charge on any atom is 0.243 e. The first kappa shape index (κ1) is 21.3. The fourth-order valence-electron chi connectivity index (χ4n) is 4.17. The standard InChI is InChI=1S/C22H34N2O3S/c25-22(23-16-6-2-1-3-7-17-23)15-12-20-10-13-21(14-11-20)28(26,27)24-18-8-4-5-9-19-24/h10-11,13-14H,1-9,12,15-19H2. The van der Waals surface area contributed by atoms with Gasteiger partial charge in [-0.1, -0.05) is 44.2 Å². The van der Waals surface area contributed by atoms with E-state index in [1.54, 1.807) is 16.4 Å². The van der Waals surface area contributed by atoms with Crippen LogP contribution < -0.4 is 0 Å². The Bertz CT molecular complexity index is 715. The Morgan fingerprint density at radius 3 is 1.82 bits per heavy atom. The van der Waals surface area contributed by atoms with Crippen LogP contribution in [-0.4, -0.2) is 49.7 Å². The summed E-state index contributed by atoms with van der Waals surface area (Å²) in [7, 11) is -3.40. The van der Waals surface area contributed by atoms with E-state index in [0.717, 1.165) is 57.2 Å². The molecule has 0 aliphatic carbocycles. The highest BCUT2D eigenvalue weighted by molar-refractivity contribution is 7.89. The van der Waals surface area contributed by atoms with Gasteiger partial charge in [-0.3, -0.25) is 4.79 Å². The average molecular weight is 407 g/mol. The number of carbonyl (C=O) groups is 1. The number of nitrogens with zero attached hydrogens (tertiary/aromatic N) is 2. The lowest BCUT2D eigenvalue weighted by Crippen LogP contribution is -2.33. The van der Waals surface area contributed by atoms with Gasteiger partial charge in [-0.15, -0.1) is 0 Å². The zero-order valence-electron chi connectivity index (χ0n) is 16.9. The molecule has 0 bridgehead atoms. The molecule has 2 aliphatic heterocycles. The molecular weight excluding hydrogens is 372 g/mol. The second-order valence-electron chi connectivity index (χ2n) is 8.11. The molecule has 156 valence electrons. The molecule has 0 atom stereocenters. The summed E-state index contributed by atoms with van der Waals surface area (Å²) in [6, 6.07) is 7.14. The number of carbonyl (C=O) groups excluding carboxylic acids is 1. The minimum absolute atomic E-state index is 0.225. The number of likely N-dealkylation sites (tertiary alicyclic amines) is 1. The zero-order chi connectivity index (χ0) is 19.8. The summed E-state index contributed by atoms with van der Waals surface area (Å²) in [5.41, 5.74) is 1.02. The number of hydrogen-bond donors (Lipinski definition) is 0.